The Labute approximate surface area is 45.9 Å². The minimum Gasteiger partial charge on any atom is -0.0649 e. The van der Waals surface area contributed by atoms with Crippen molar-refractivity contribution in [3.05, 3.63) is 6.42 Å². The van der Waals surface area contributed by atoms with E-state index >= 15 is 0 Å². The standard InChI is InChI=1S/C7H13/c1-3-7(2)5-4-6-7/h5H,3-4,6H2,1-2H3. The van der Waals surface area contributed by atoms with Gasteiger partial charge in [-0.25, -0.2) is 0 Å². The highest BCUT2D eigenvalue weighted by Gasteiger charge is 2.29. The lowest BCUT2D eigenvalue weighted by atomic mass is 9.69. The fraction of sp³-hybridized carbons (Fsp3) is 0.857. The van der Waals surface area contributed by atoms with E-state index in [0.717, 1.165) is 0 Å². The summed E-state index contributed by atoms with van der Waals surface area (Å²) in [5, 5.41) is 0. The molecule has 1 fully saturated rings. The van der Waals surface area contributed by atoms with Crippen LogP contribution in [0.4, 0.5) is 0 Å². The highest BCUT2D eigenvalue weighted by atomic mass is 14.3. The maximum atomic E-state index is 2.42. The van der Waals surface area contributed by atoms with Gasteiger partial charge in [-0.15, -0.1) is 0 Å². The molecule has 0 aliphatic heterocycles. The van der Waals surface area contributed by atoms with E-state index in [1.54, 1.807) is 0 Å². The molecule has 0 nitrogen and oxygen atoms in total. The Hall–Kier alpha value is 0. The van der Waals surface area contributed by atoms with Gasteiger partial charge in [0.1, 0.15) is 0 Å². The molecule has 0 amide bonds. The number of rotatable bonds is 1. The predicted octanol–water partition coefficient (Wildman–Crippen LogP) is 2.40. The van der Waals surface area contributed by atoms with Crippen LogP contribution in [0, 0.1) is 11.8 Å². The molecule has 1 rings (SSSR count). The van der Waals surface area contributed by atoms with E-state index in [1.165, 1.54) is 19.3 Å². The van der Waals surface area contributed by atoms with Gasteiger partial charge in [0.05, 0.1) is 0 Å². The molecule has 0 heteroatoms. The SMILES string of the molecule is CCC1(C)[CH]CC1. The van der Waals surface area contributed by atoms with Gasteiger partial charge >= 0.3 is 0 Å². The molecule has 1 unspecified atom stereocenters. The topological polar surface area (TPSA) is 0 Å². The second-order valence-corrected chi connectivity index (χ2v) is 2.75. The normalized spacial score (nSPS) is 26.6. The van der Waals surface area contributed by atoms with Gasteiger partial charge in [-0.3, -0.25) is 0 Å². The highest BCUT2D eigenvalue weighted by molar-refractivity contribution is 4.97. The summed E-state index contributed by atoms with van der Waals surface area (Å²) >= 11 is 0. The minimum atomic E-state index is 0.639. The van der Waals surface area contributed by atoms with Gasteiger partial charge in [0, 0.05) is 0 Å². The summed E-state index contributed by atoms with van der Waals surface area (Å²) in [6, 6.07) is 0. The second kappa shape index (κ2) is 1.50. The first-order valence-electron chi connectivity index (χ1n) is 3.11. The molecular formula is C7H13. The van der Waals surface area contributed by atoms with Crippen molar-refractivity contribution in [3.8, 4) is 0 Å². The molecule has 0 aromatic heterocycles. The molecule has 0 N–H and O–H groups in total. The molecule has 1 saturated carbocycles. The summed E-state index contributed by atoms with van der Waals surface area (Å²) in [5.74, 6) is 0. The van der Waals surface area contributed by atoms with Gasteiger partial charge < -0.3 is 0 Å². The maximum Gasteiger partial charge on any atom is -0.0297 e. The van der Waals surface area contributed by atoms with E-state index < -0.39 is 0 Å². The Balaban J connectivity index is 2.29. The lowest BCUT2D eigenvalue weighted by Crippen LogP contribution is -2.24. The maximum absolute atomic E-state index is 2.42. The van der Waals surface area contributed by atoms with Crippen LogP contribution in [0.15, 0.2) is 0 Å². The fourth-order valence-corrected chi connectivity index (χ4v) is 0.958. The van der Waals surface area contributed by atoms with E-state index in [4.69, 9.17) is 0 Å². The molecule has 1 aliphatic rings. The van der Waals surface area contributed by atoms with Gasteiger partial charge in [0.2, 0.25) is 0 Å². The Morgan fingerprint density at radius 3 is 2.29 bits per heavy atom. The van der Waals surface area contributed by atoms with Crippen LogP contribution in [0.5, 0.6) is 0 Å². The summed E-state index contributed by atoms with van der Waals surface area (Å²) in [7, 11) is 0. The van der Waals surface area contributed by atoms with E-state index in [-0.39, 0.29) is 0 Å². The average molecular weight is 97.2 g/mol. The second-order valence-electron chi connectivity index (χ2n) is 2.75. The Morgan fingerprint density at radius 1 is 1.71 bits per heavy atom. The summed E-state index contributed by atoms with van der Waals surface area (Å²) < 4.78 is 0. The Kier molecular flexibility index (Phi) is 1.10. The Morgan fingerprint density at radius 2 is 2.29 bits per heavy atom. The smallest absolute Gasteiger partial charge is 0.0297 e. The summed E-state index contributed by atoms with van der Waals surface area (Å²) in [5.41, 5.74) is 0.639. The van der Waals surface area contributed by atoms with Crippen molar-refractivity contribution in [1.29, 1.82) is 0 Å². The quantitative estimate of drug-likeness (QED) is 0.471. The van der Waals surface area contributed by atoms with Crippen molar-refractivity contribution in [3.63, 3.8) is 0 Å². The molecule has 1 radical (unpaired) electrons. The lowest BCUT2D eigenvalue weighted by Gasteiger charge is -2.36. The van der Waals surface area contributed by atoms with Crippen LogP contribution in [0.3, 0.4) is 0 Å². The van der Waals surface area contributed by atoms with Gasteiger partial charge in [-0.05, 0) is 24.7 Å². The van der Waals surface area contributed by atoms with Crippen LogP contribution in [-0.2, 0) is 0 Å². The first-order valence-corrected chi connectivity index (χ1v) is 3.11. The van der Waals surface area contributed by atoms with E-state index in [2.05, 4.69) is 20.3 Å². The summed E-state index contributed by atoms with van der Waals surface area (Å²) in [6.07, 6.45) is 6.52. The molecule has 0 aromatic rings. The van der Waals surface area contributed by atoms with Crippen LogP contribution in [0.1, 0.15) is 33.1 Å². The minimum absolute atomic E-state index is 0.639. The van der Waals surface area contributed by atoms with Crippen molar-refractivity contribution in [2.75, 3.05) is 0 Å². The van der Waals surface area contributed by atoms with E-state index in [1.807, 2.05) is 0 Å². The average Bonchev–Trinajstić information content (AvgIpc) is 1.61. The highest BCUT2D eigenvalue weighted by Crippen LogP contribution is 2.41. The first-order chi connectivity index (χ1) is 3.27. The third kappa shape index (κ3) is 0.793. The van der Waals surface area contributed by atoms with Crippen molar-refractivity contribution >= 4 is 0 Å². The van der Waals surface area contributed by atoms with Crippen molar-refractivity contribution in [2.45, 2.75) is 33.1 Å². The molecule has 0 bridgehead atoms. The summed E-state index contributed by atoms with van der Waals surface area (Å²) in [4.78, 5) is 0. The zero-order valence-electron chi connectivity index (χ0n) is 5.20. The van der Waals surface area contributed by atoms with Gasteiger partial charge in [-0.2, -0.15) is 0 Å². The molecule has 0 saturated heterocycles. The fourth-order valence-electron chi connectivity index (χ4n) is 0.958. The summed E-state index contributed by atoms with van der Waals surface area (Å²) in [6.45, 7) is 4.59. The molecule has 1 aliphatic carbocycles. The van der Waals surface area contributed by atoms with Crippen LogP contribution in [-0.4, -0.2) is 0 Å². The van der Waals surface area contributed by atoms with Crippen molar-refractivity contribution in [1.82, 2.24) is 0 Å². The molecule has 0 aromatic carbocycles. The lowest BCUT2D eigenvalue weighted by molar-refractivity contribution is 0.251. The Bertz CT molecular complexity index is 54.9. The molecule has 7 heavy (non-hydrogen) atoms. The van der Waals surface area contributed by atoms with E-state index in [0.29, 0.717) is 5.41 Å². The number of hydrogen-bond donors (Lipinski definition) is 0. The van der Waals surface area contributed by atoms with Crippen molar-refractivity contribution in [2.24, 2.45) is 5.41 Å². The molecule has 1 atom stereocenters. The monoisotopic (exact) mass is 97.1 g/mol. The van der Waals surface area contributed by atoms with Crippen LogP contribution < -0.4 is 0 Å². The molecule has 0 spiro atoms. The predicted molar refractivity (Wildman–Crippen MR) is 31.9 cm³/mol. The van der Waals surface area contributed by atoms with Gasteiger partial charge in [0.15, 0.2) is 0 Å². The molecular weight excluding hydrogens is 84.1 g/mol. The van der Waals surface area contributed by atoms with E-state index in [9.17, 15) is 0 Å². The van der Waals surface area contributed by atoms with Crippen molar-refractivity contribution < 1.29 is 0 Å². The zero-order chi connectivity index (χ0) is 5.33. The largest absolute Gasteiger partial charge is 0.0649 e. The molecule has 41 valence electrons. The first kappa shape index (κ1) is 5.14. The van der Waals surface area contributed by atoms with Crippen LogP contribution in [0.25, 0.3) is 0 Å². The third-order valence-corrected chi connectivity index (χ3v) is 2.16. The van der Waals surface area contributed by atoms with Crippen LogP contribution >= 0.6 is 0 Å². The zero-order valence-corrected chi connectivity index (χ0v) is 5.20. The van der Waals surface area contributed by atoms with Gasteiger partial charge in [-0.1, -0.05) is 20.3 Å². The molecule has 0 heterocycles. The third-order valence-electron chi connectivity index (χ3n) is 2.16. The van der Waals surface area contributed by atoms with Gasteiger partial charge in [0.25, 0.3) is 0 Å². The van der Waals surface area contributed by atoms with Crippen LogP contribution in [0.2, 0.25) is 0 Å². The number of hydrogen-bond acceptors (Lipinski definition) is 0.